The molecule has 2 aromatic carbocycles. The van der Waals surface area contributed by atoms with Gasteiger partial charge in [-0.3, -0.25) is 0 Å². The van der Waals surface area contributed by atoms with Crippen molar-refractivity contribution >= 4 is 11.5 Å². The first-order valence-electron chi connectivity index (χ1n) is 9.23. The molecule has 0 heterocycles. The monoisotopic (exact) mass is 370 g/mol. The van der Waals surface area contributed by atoms with E-state index in [0.29, 0.717) is 12.4 Å². The van der Waals surface area contributed by atoms with Crippen LogP contribution in [0.4, 0.5) is 8.78 Å². The number of hydrogen-bond acceptors (Lipinski definition) is 1. The third-order valence-electron chi connectivity index (χ3n) is 4.17. The van der Waals surface area contributed by atoms with Gasteiger partial charge in [0, 0.05) is 17.2 Å². The summed E-state index contributed by atoms with van der Waals surface area (Å²) in [5.41, 5.74) is 2.77. The Kier molecular flexibility index (Phi) is 7.93. The van der Waals surface area contributed by atoms with E-state index in [0.717, 1.165) is 29.9 Å². The molecule has 0 spiro atoms. The Morgan fingerprint density at radius 3 is 1.85 bits per heavy atom. The molecule has 0 aromatic heterocycles. The maximum atomic E-state index is 13.3. The minimum absolute atomic E-state index is 0.253. The molecule has 0 amide bonds. The second-order valence-electron chi connectivity index (χ2n) is 5.89. The fourth-order valence-electron chi connectivity index (χ4n) is 2.79. The fourth-order valence-corrected chi connectivity index (χ4v) is 2.79. The second kappa shape index (κ2) is 10.4. The molecule has 2 aromatic rings. The van der Waals surface area contributed by atoms with Gasteiger partial charge in [0.15, 0.2) is 0 Å². The van der Waals surface area contributed by atoms with Gasteiger partial charge >= 0.3 is 0 Å². The zero-order valence-electron chi connectivity index (χ0n) is 16.1. The highest BCUT2D eigenvalue weighted by Gasteiger charge is 2.11. The van der Waals surface area contributed by atoms with Crippen LogP contribution in [-0.4, -0.2) is 30.0 Å². The lowest BCUT2D eigenvalue weighted by Crippen LogP contribution is -2.20. The second-order valence-corrected chi connectivity index (χ2v) is 5.89. The van der Waals surface area contributed by atoms with Gasteiger partial charge in [0.05, 0.1) is 6.61 Å². The van der Waals surface area contributed by atoms with Crippen LogP contribution in [0.15, 0.2) is 66.8 Å². The molecule has 0 aliphatic rings. The first-order chi connectivity index (χ1) is 13.1. The first-order valence-corrected chi connectivity index (χ1v) is 9.23. The molecule has 27 heavy (non-hydrogen) atoms. The highest BCUT2D eigenvalue weighted by atomic mass is 19.1. The predicted molar refractivity (Wildman–Crippen MR) is 107 cm³/mol. The van der Waals surface area contributed by atoms with Crippen LogP contribution in [0.25, 0.3) is 5.76 Å². The Morgan fingerprint density at radius 1 is 0.852 bits per heavy atom. The average molecular weight is 370 g/mol. The molecule has 0 fully saturated rings. The van der Waals surface area contributed by atoms with Crippen LogP contribution in [0.2, 0.25) is 0 Å². The summed E-state index contributed by atoms with van der Waals surface area (Å²) < 4.78 is 34.4. The zero-order chi connectivity index (χ0) is 19.6. The number of benzene rings is 2. The molecule has 0 aliphatic heterocycles. The van der Waals surface area contributed by atoms with Crippen LogP contribution in [0.3, 0.4) is 0 Å². The zero-order valence-corrected chi connectivity index (χ0v) is 16.1. The molecular weight excluding hydrogens is 344 g/mol. The molecule has 2 nitrogen and oxygen atoms in total. The predicted octanol–water partition coefficient (Wildman–Crippen LogP) is 5.44. The van der Waals surface area contributed by atoms with Gasteiger partial charge in [0.2, 0.25) is 5.71 Å². The lowest BCUT2D eigenvalue weighted by atomic mass is 10.1. The summed E-state index contributed by atoms with van der Waals surface area (Å²) >= 11 is 0. The smallest absolute Gasteiger partial charge is 0.207 e. The summed E-state index contributed by atoms with van der Waals surface area (Å²) in [7, 11) is 0. The van der Waals surface area contributed by atoms with Gasteiger partial charge in [0.1, 0.15) is 30.5 Å². The van der Waals surface area contributed by atoms with Gasteiger partial charge in [-0.1, -0.05) is 6.08 Å². The molecule has 142 valence electrons. The number of rotatable bonds is 8. The number of ether oxygens (including phenoxy) is 1. The van der Waals surface area contributed by atoms with Gasteiger partial charge in [-0.25, -0.2) is 13.4 Å². The SMILES string of the molecule is CCO/C(=C/C=C/C(c1ccc(F)cc1)=[N+](CC)CC)c1ccc(F)cc1. The van der Waals surface area contributed by atoms with E-state index in [4.69, 9.17) is 4.74 Å². The lowest BCUT2D eigenvalue weighted by Gasteiger charge is -2.08. The minimum atomic E-state index is -0.279. The minimum Gasteiger partial charge on any atom is -0.493 e. The van der Waals surface area contributed by atoms with E-state index in [1.165, 1.54) is 24.3 Å². The Bertz CT molecular complexity index is 812. The summed E-state index contributed by atoms with van der Waals surface area (Å²) in [6.07, 6.45) is 5.76. The molecule has 0 unspecified atom stereocenters. The normalized spacial score (nSPS) is 11.7. The molecule has 0 bridgehead atoms. The Balaban J connectivity index is 2.38. The summed E-state index contributed by atoms with van der Waals surface area (Å²) in [5.74, 6) is 0.141. The summed E-state index contributed by atoms with van der Waals surface area (Å²) in [6, 6.07) is 12.7. The highest BCUT2D eigenvalue weighted by molar-refractivity contribution is 6.05. The van der Waals surface area contributed by atoms with E-state index in [2.05, 4.69) is 18.4 Å². The van der Waals surface area contributed by atoms with Crippen LogP contribution in [0, 0.1) is 11.6 Å². The van der Waals surface area contributed by atoms with Gasteiger partial charge < -0.3 is 4.74 Å². The third kappa shape index (κ3) is 5.88. The molecule has 0 N–H and O–H groups in total. The largest absolute Gasteiger partial charge is 0.493 e. The van der Waals surface area contributed by atoms with Gasteiger partial charge in [0.25, 0.3) is 0 Å². The van der Waals surface area contributed by atoms with Crippen LogP contribution >= 0.6 is 0 Å². The molecule has 2 rings (SSSR count). The number of nitrogens with zero attached hydrogens (tertiary/aromatic N) is 1. The standard InChI is InChI=1S/C23H26F2NO/c1-4-26(5-2)22(18-10-14-20(24)15-11-18)8-7-9-23(27-6-3)19-12-16-21(25)17-13-19/h7-17H,4-6H2,1-3H3/q+1/b8-7+,23-9+. The van der Waals surface area contributed by atoms with Crippen molar-refractivity contribution in [3.05, 3.63) is 89.5 Å². The quantitative estimate of drug-likeness (QED) is 0.261. The van der Waals surface area contributed by atoms with Crippen molar-refractivity contribution in [3.8, 4) is 0 Å². The van der Waals surface area contributed by atoms with Crippen LogP contribution in [0.1, 0.15) is 31.9 Å². The van der Waals surface area contributed by atoms with Gasteiger partial charge in [-0.2, -0.15) is 0 Å². The molecule has 0 atom stereocenters. The van der Waals surface area contributed by atoms with Crippen LogP contribution < -0.4 is 0 Å². The van der Waals surface area contributed by atoms with Crippen molar-refractivity contribution in [2.75, 3.05) is 19.7 Å². The van der Waals surface area contributed by atoms with Crippen LogP contribution in [-0.2, 0) is 4.74 Å². The van der Waals surface area contributed by atoms with Crippen LogP contribution in [0.5, 0.6) is 0 Å². The molecular formula is C23H26F2NO+. The average Bonchev–Trinajstić information content (AvgIpc) is 2.68. The molecule has 4 heteroatoms. The number of hydrogen-bond donors (Lipinski definition) is 0. The van der Waals surface area contributed by atoms with Crippen molar-refractivity contribution in [2.24, 2.45) is 0 Å². The topological polar surface area (TPSA) is 12.2 Å². The molecule has 0 saturated heterocycles. The fraction of sp³-hybridized carbons (Fsp3) is 0.261. The van der Waals surface area contributed by atoms with Crippen molar-refractivity contribution < 1.29 is 18.1 Å². The number of halogens is 2. The Labute approximate surface area is 160 Å². The summed E-state index contributed by atoms with van der Waals surface area (Å²) in [5, 5.41) is 0. The van der Waals surface area contributed by atoms with Gasteiger partial charge in [-0.05, 0) is 75.4 Å². The third-order valence-corrected chi connectivity index (χ3v) is 4.17. The van der Waals surface area contributed by atoms with Gasteiger partial charge in [-0.15, -0.1) is 0 Å². The van der Waals surface area contributed by atoms with E-state index in [1.807, 2.05) is 25.2 Å². The maximum Gasteiger partial charge on any atom is 0.207 e. The molecule has 0 saturated carbocycles. The van der Waals surface area contributed by atoms with Crippen molar-refractivity contribution in [3.63, 3.8) is 0 Å². The summed E-state index contributed by atoms with van der Waals surface area (Å²) in [6.45, 7) is 8.28. The maximum absolute atomic E-state index is 13.3. The summed E-state index contributed by atoms with van der Waals surface area (Å²) in [4.78, 5) is 0. The lowest BCUT2D eigenvalue weighted by molar-refractivity contribution is -0.519. The van der Waals surface area contributed by atoms with E-state index in [1.54, 1.807) is 24.3 Å². The Morgan fingerprint density at radius 2 is 1.37 bits per heavy atom. The van der Waals surface area contributed by atoms with E-state index < -0.39 is 0 Å². The van der Waals surface area contributed by atoms with Crippen molar-refractivity contribution in [1.82, 2.24) is 0 Å². The molecule has 0 radical (unpaired) electrons. The van der Waals surface area contributed by atoms with E-state index in [9.17, 15) is 8.78 Å². The highest BCUT2D eigenvalue weighted by Crippen LogP contribution is 2.17. The molecule has 0 aliphatic carbocycles. The van der Waals surface area contributed by atoms with E-state index >= 15 is 0 Å². The van der Waals surface area contributed by atoms with Crippen molar-refractivity contribution in [2.45, 2.75) is 20.8 Å². The van der Waals surface area contributed by atoms with E-state index in [-0.39, 0.29) is 11.6 Å². The number of allylic oxidation sites excluding steroid dienone is 3. The Hall–Kier alpha value is -2.75. The first kappa shape index (κ1) is 20.6. The van der Waals surface area contributed by atoms with Crippen molar-refractivity contribution in [1.29, 1.82) is 0 Å².